The van der Waals surface area contributed by atoms with E-state index in [9.17, 15) is 18.6 Å². The van der Waals surface area contributed by atoms with Crippen LogP contribution < -0.4 is 4.72 Å². The fraction of sp³-hybridized carbons (Fsp3) is 0.222. The summed E-state index contributed by atoms with van der Waals surface area (Å²) in [4.78, 5) is 4.41. The topological polar surface area (TPSA) is 162 Å². The van der Waals surface area contributed by atoms with Crippen molar-refractivity contribution in [1.29, 1.82) is 0 Å². The molecule has 0 amide bonds. The Morgan fingerprint density at radius 2 is 1.60 bits per heavy atom. The molecule has 3 heterocycles. The second-order valence-electron chi connectivity index (χ2n) is 11.9. The number of pyridine rings is 1. The summed E-state index contributed by atoms with van der Waals surface area (Å²) in [6.07, 6.45) is 0.280. The number of fused-ring (bicyclic) bond motifs is 1. The highest BCUT2D eigenvalue weighted by Crippen LogP contribution is 2.43. The summed E-state index contributed by atoms with van der Waals surface area (Å²) in [5.74, 6) is 0.611. The number of tetrazole rings is 1. The fourth-order valence-electron chi connectivity index (χ4n) is 5.83. The molecule has 3 N–H and O–H groups in total. The second kappa shape index (κ2) is 14.6. The van der Waals surface area contributed by atoms with Crippen molar-refractivity contribution in [2.24, 2.45) is 5.92 Å². The van der Waals surface area contributed by atoms with Gasteiger partial charge in [-0.3, -0.25) is 4.98 Å². The molecule has 1 aliphatic heterocycles. The smallest absolute Gasteiger partial charge is 0.243 e. The first-order chi connectivity index (χ1) is 24.3. The Labute approximate surface area is 293 Å². The van der Waals surface area contributed by atoms with Gasteiger partial charge < -0.3 is 19.7 Å². The zero-order valence-corrected chi connectivity index (χ0v) is 28.5. The van der Waals surface area contributed by atoms with Gasteiger partial charge in [0.1, 0.15) is 10.6 Å². The number of rotatable bonds is 11. The average Bonchev–Trinajstić information content (AvgIpc) is 3.62. The standard InChI is InChI=1S/C36H34N6O6S2/c1-23-31(22-49-36-39-40-41-42(36)29-15-17-30(44)18-16-29)47-35(48-34(23)27-11-9-25(21-43)10-12-27)28-13-7-24(8-14-28)20-38-50(45,46)32-6-2-4-26-5-3-19-37-33(26)32/h2-19,23,31,34-35,38,43-44H,20-22H2,1H3. The van der Waals surface area contributed by atoms with Gasteiger partial charge in [0.15, 0.2) is 6.29 Å². The minimum absolute atomic E-state index is 0.0521. The molecule has 0 bridgehead atoms. The number of benzene rings is 4. The second-order valence-corrected chi connectivity index (χ2v) is 14.6. The molecular weight excluding hydrogens is 677 g/mol. The number of para-hydroxylation sites is 1. The predicted octanol–water partition coefficient (Wildman–Crippen LogP) is 5.47. The van der Waals surface area contributed by atoms with E-state index in [4.69, 9.17) is 9.47 Å². The molecule has 50 heavy (non-hydrogen) atoms. The first-order valence-corrected chi connectivity index (χ1v) is 18.4. The highest BCUT2D eigenvalue weighted by Gasteiger charge is 2.38. The van der Waals surface area contributed by atoms with E-state index in [1.165, 1.54) is 11.8 Å². The minimum atomic E-state index is -3.83. The number of phenolic OH excluding ortho intramolecular Hbond substituents is 1. The van der Waals surface area contributed by atoms with Crippen molar-refractivity contribution in [1.82, 2.24) is 29.9 Å². The molecule has 1 aliphatic rings. The van der Waals surface area contributed by atoms with Crippen molar-refractivity contribution in [3.05, 3.63) is 132 Å². The first-order valence-electron chi connectivity index (χ1n) is 15.9. The molecule has 12 nitrogen and oxygen atoms in total. The number of nitrogens with zero attached hydrogens (tertiary/aromatic N) is 5. The van der Waals surface area contributed by atoms with Crippen molar-refractivity contribution < 1.29 is 28.1 Å². The van der Waals surface area contributed by atoms with E-state index in [-0.39, 0.29) is 41.9 Å². The summed E-state index contributed by atoms with van der Waals surface area (Å²) in [6.45, 7) is 2.11. The highest BCUT2D eigenvalue weighted by molar-refractivity contribution is 7.99. The quantitative estimate of drug-likeness (QED) is 0.146. The maximum absolute atomic E-state index is 13.2. The molecule has 0 radical (unpaired) electrons. The zero-order chi connectivity index (χ0) is 34.7. The number of phenols is 1. The van der Waals surface area contributed by atoms with E-state index in [1.54, 1.807) is 53.3 Å². The Hall–Kier alpha value is -4.70. The molecular formula is C36H34N6O6S2. The number of aliphatic hydroxyl groups excluding tert-OH is 1. The van der Waals surface area contributed by atoms with Crippen LogP contribution in [-0.2, 0) is 32.6 Å². The number of hydrogen-bond donors (Lipinski definition) is 3. The normalized spacial score (nSPS) is 19.5. The molecule has 0 aliphatic carbocycles. The number of nitrogens with one attached hydrogen (secondary N) is 1. The lowest BCUT2D eigenvalue weighted by Gasteiger charge is -2.41. The van der Waals surface area contributed by atoms with Crippen LogP contribution in [0.5, 0.6) is 5.75 Å². The van der Waals surface area contributed by atoms with Gasteiger partial charge in [-0.2, -0.15) is 4.68 Å². The number of ether oxygens (including phenoxy) is 2. The average molecular weight is 711 g/mol. The van der Waals surface area contributed by atoms with Crippen LogP contribution in [0.3, 0.4) is 0 Å². The summed E-state index contributed by atoms with van der Waals surface area (Å²) < 4.78 is 44.0. The molecule has 14 heteroatoms. The number of aromatic nitrogens is 5. The van der Waals surface area contributed by atoms with Crippen LogP contribution in [0.25, 0.3) is 16.6 Å². The van der Waals surface area contributed by atoms with Crippen LogP contribution >= 0.6 is 11.8 Å². The van der Waals surface area contributed by atoms with Gasteiger partial charge in [0.2, 0.25) is 15.2 Å². The van der Waals surface area contributed by atoms with Crippen molar-refractivity contribution in [3.8, 4) is 11.4 Å². The van der Waals surface area contributed by atoms with E-state index in [1.807, 2.05) is 60.7 Å². The van der Waals surface area contributed by atoms with Crippen molar-refractivity contribution in [3.63, 3.8) is 0 Å². The lowest BCUT2D eigenvalue weighted by atomic mass is 9.91. The first kappa shape index (κ1) is 33.8. The van der Waals surface area contributed by atoms with Crippen molar-refractivity contribution >= 4 is 32.7 Å². The third kappa shape index (κ3) is 7.26. The number of aliphatic hydroxyl groups is 1. The fourth-order valence-corrected chi connectivity index (χ4v) is 8.08. The number of thioether (sulfide) groups is 1. The Morgan fingerprint density at radius 3 is 2.36 bits per heavy atom. The van der Waals surface area contributed by atoms with Crippen LogP contribution in [0.1, 0.15) is 41.6 Å². The van der Waals surface area contributed by atoms with E-state index in [0.29, 0.717) is 22.1 Å². The van der Waals surface area contributed by atoms with Crippen molar-refractivity contribution in [2.75, 3.05) is 5.75 Å². The Kier molecular flexibility index (Phi) is 9.90. The summed E-state index contributed by atoms with van der Waals surface area (Å²) in [7, 11) is -3.83. The summed E-state index contributed by atoms with van der Waals surface area (Å²) >= 11 is 1.45. The SMILES string of the molecule is CC1C(CSc2nnnn2-c2ccc(O)cc2)OC(c2ccc(CNS(=O)(=O)c3cccc4cccnc34)cc2)OC1c1ccc(CO)cc1. The van der Waals surface area contributed by atoms with Crippen molar-refractivity contribution in [2.45, 2.75) is 48.6 Å². The third-order valence-corrected chi connectivity index (χ3v) is 11.1. The lowest BCUT2D eigenvalue weighted by Crippen LogP contribution is -2.38. The number of aromatic hydroxyl groups is 1. The minimum Gasteiger partial charge on any atom is -0.508 e. The molecule has 2 aromatic heterocycles. The maximum Gasteiger partial charge on any atom is 0.243 e. The van der Waals surface area contributed by atoms with Crippen LogP contribution in [0.4, 0.5) is 0 Å². The van der Waals surface area contributed by atoms with Gasteiger partial charge in [0, 0.05) is 35.4 Å². The zero-order valence-electron chi connectivity index (χ0n) is 26.9. The summed E-state index contributed by atoms with van der Waals surface area (Å²) in [6, 6.07) is 30.5. The molecule has 256 valence electrons. The van der Waals surface area contributed by atoms with Crippen LogP contribution in [0, 0.1) is 5.92 Å². The molecule has 0 saturated carbocycles. The maximum atomic E-state index is 13.2. The van der Waals surface area contributed by atoms with E-state index < -0.39 is 16.3 Å². The van der Waals surface area contributed by atoms with Gasteiger partial charge in [0.25, 0.3) is 0 Å². The van der Waals surface area contributed by atoms with Gasteiger partial charge >= 0.3 is 0 Å². The molecule has 0 spiro atoms. The third-order valence-electron chi connectivity index (χ3n) is 8.64. The van der Waals surface area contributed by atoms with E-state index in [0.717, 1.165) is 27.6 Å². The van der Waals surface area contributed by atoms with Gasteiger partial charge in [-0.05, 0) is 63.5 Å². The lowest BCUT2D eigenvalue weighted by molar-refractivity contribution is -0.268. The van der Waals surface area contributed by atoms with Gasteiger partial charge in [0.05, 0.1) is 30.0 Å². The van der Waals surface area contributed by atoms with Crippen LogP contribution in [-0.4, -0.2) is 55.7 Å². The van der Waals surface area contributed by atoms with E-state index >= 15 is 0 Å². The molecule has 4 unspecified atom stereocenters. The van der Waals surface area contributed by atoms with Gasteiger partial charge in [-0.25, -0.2) is 13.1 Å². The number of hydrogen-bond acceptors (Lipinski definition) is 11. The summed E-state index contributed by atoms with van der Waals surface area (Å²) in [5.41, 5.74) is 4.44. The molecule has 1 saturated heterocycles. The molecule has 6 aromatic rings. The highest BCUT2D eigenvalue weighted by atomic mass is 32.2. The summed E-state index contributed by atoms with van der Waals surface area (Å²) in [5, 5.41) is 32.8. The van der Waals surface area contributed by atoms with E-state index in [2.05, 4.69) is 32.2 Å². The Morgan fingerprint density at radius 1 is 0.880 bits per heavy atom. The Balaban J connectivity index is 1.09. The van der Waals surface area contributed by atoms with Crippen LogP contribution in [0.15, 0.2) is 119 Å². The van der Waals surface area contributed by atoms with Crippen LogP contribution in [0.2, 0.25) is 0 Å². The largest absolute Gasteiger partial charge is 0.508 e. The molecule has 4 aromatic carbocycles. The monoisotopic (exact) mass is 710 g/mol. The van der Waals surface area contributed by atoms with Gasteiger partial charge in [-0.1, -0.05) is 85.4 Å². The molecule has 4 atom stereocenters. The molecule has 1 fully saturated rings. The predicted molar refractivity (Wildman–Crippen MR) is 187 cm³/mol. The molecule has 7 rings (SSSR count). The number of sulfonamides is 1. The Bertz CT molecular complexity index is 2180. The van der Waals surface area contributed by atoms with Gasteiger partial charge in [-0.15, -0.1) is 5.10 Å².